The zero-order valence-corrected chi connectivity index (χ0v) is 10.3. The second-order valence-corrected chi connectivity index (χ2v) is 4.88. The largest absolute Gasteiger partial charge is 0.268 e. The van der Waals surface area contributed by atoms with Crippen molar-refractivity contribution in [3.8, 4) is 0 Å². The van der Waals surface area contributed by atoms with Crippen molar-refractivity contribution < 1.29 is 0 Å². The lowest BCUT2D eigenvalue weighted by molar-refractivity contribution is 1.17. The maximum Gasteiger partial charge on any atom is 0.143 e. The Hall–Kier alpha value is -1.74. The molecule has 17 heavy (non-hydrogen) atoms. The number of hydrogen-bond acceptors (Lipinski definition) is 3. The van der Waals surface area contributed by atoms with Crippen LogP contribution in [0.3, 0.4) is 0 Å². The summed E-state index contributed by atoms with van der Waals surface area (Å²) in [5.41, 5.74) is 2.48. The molecule has 3 rings (SSSR count). The molecule has 0 aliphatic carbocycles. The van der Waals surface area contributed by atoms with Crippen molar-refractivity contribution in [1.82, 2.24) is 4.98 Å². The fourth-order valence-electron chi connectivity index (χ4n) is 1.84. The third-order valence-corrected chi connectivity index (χ3v) is 3.88. The van der Waals surface area contributed by atoms with E-state index >= 15 is 0 Å². The molecule has 0 atom stereocenters. The molecule has 1 aliphatic rings. The molecule has 0 N–H and O–H groups in total. The summed E-state index contributed by atoms with van der Waals surface area (Å²) in [6.07, 6.45) is 4.02. The van der Waals surface area contributed by atoms with E-state index in [2.05, 4.69) is 46.6 Å². The van der Waals surface area contributed by atoms with Crippen molar-refractivity contribution in [2.75, 3.05) is 4.31 Å². The molecule has 2 nitrogen and oxygen atoms in total. The molecule has 1 aromatic heterocycles. The lowest BCUT2D eigenvalue weighted by Crippen LogP contribution is -2.15. The Kier molecular flexibility index (Phi) is 2.61. The summed E-state index contributed by atoms with van der Waals surface area (Å²) < 4.78 is 2.16. The zero-order chi connectivity index (χ0) is 11.7. The molecule has 0 unspecified atom stereocenters. The Bertz CT molecular complexity index is 563. The monoisotopic (exact) mass is 240 g/mol. The molecule has 1 aromatic carbocycles. The van der Waals surface area contributed by atoms with Crippen molar-refractivity contribution in [3.63, 3.8) is 0 Å². The van der Waals surface area contributed by atoms with Crippen molar-refractivity contribution in [2.45, 2.75) is 11.8 Å². The fourth-order valence-corrected chi connectivity index (χ4v) is 2.80. The molecular formula is C14H12N2S. The van der Waals surface area contributed by atoms with Crippen LogP contribution in [0.5, 0.6) is 0 Å². The Morgan fingerprint density at radius 3 is 2.71 bits per heavy atom. The number of nitrogens with zero attached hydrogens (tertiary/aromatic N) is 2. The quantitative estimate of drug-likeness (QED) is 0.702. The van der Waals surface area contributed by atoms with Gasteiger partial charge in [0.15, 0.2) is 0 Å². The first kappa shape index (κ1) is 10.4. The first-order valence-electron chi connectivity index (χ1n) is 5.51. The molecule has 0 amide bonds. The Labute approximate surface area is 105 Å². The third kappa shape index (κ3) is 1.94. The molecule has 84 valence electrons. The van der Waals surface area contributed by atoms with Gasteiger partial charge >= 0.3 is 0 Å². The van der Waals surface area contributed by atoms with E-state index in [-0.39, 0.29) is 0 Å². The van der Waals surface area contributed by atoms with Gasteiger partial charge in [0.1, 0.15) is 5.82 Å². The van der Waals surface area contributed by atoms with E-state index in [0.29, 0.717) is 0 Å². The maximum atomic E-state index is 4.39. The van der Waals surface area contributed by atoms with Crippen LogP contribution < -0.4 is 4.31 Å². The van der Waals surface area contributed by atoms with Crippen LogP contribution in [0.25, 0.3) is 6.08 Å². The van der Waals surface area contributed by atoms with E-state index in [1.807, 2.05) is 24.4 Å². The minimum atomic E-state index is 0.973. The minimum absolute atomic E-state index is 0.973. The molecule has 0 radical (unpaired) electrons. The van der Waals surface area contributed by atoms with Crippen LogP contribution in [0.15, 0.2) is 59.3 Å². The number of fused-ring (bicyclic) bond motifs is 1. The van der Waals surface area contributed by atoms with Gasteiger partial charge in [0.25, 0.3) is 0 Å². The first-order valence-corrected chi connectivity index (χ1v) is 6.28. The summed E-state index contributed by atoms with van der Waals surface area (Å²) in [6, 6.07) is 14.4. The highest BCUT2D eigenvalue weighted by molar-refractivity contribution is 8.01. The normalized spacial score (nSPS) is 14.2. The van der Waals surface area contributed by atoms with E-state index < -0.39 is 0 Å². The molecule has 0 saturated heterocycles. The molecule has 0 bridgehead atoms. The van der Waals surface area contributed by atoms with Crippen LogP contribution in [-0.2, 0) is 0 Å². The summed E-state index contributed by atoms with van der Waals surface area (Å²) in [5.74, 6) is 0.973. The number of rotatable bonds is 1. The van der Waals surface area contributed by atoms with Crippen molar-refractivity contribution in [1.29, 1.82) is 0 Å². The molecule has 0 fully saturated rings. The number of allylic oxidation sites excluding steroid dienone is 1. The van der Waals surface area contributed by atoms with Crippen LogP contribution in [0.1, 0.15) is 12.5 Å². The third-order valence-electron chi connectivity index (χ3n) is 2.65. The summed E-state index contributed by atoms with van der Waals surface area (Å²) in [4.78, 5) is 5.66. The van der Waals surface area contributed by atoms with Crippen molar-refractivity contribution in [2.24, 2.45) is 0 Å². The smallest absolute Gasteiger partial charge is 0.143 e. The van der Waals surface area contributed by atoms with Crippen LogP contribution in [0.2, 0.25) is 0 Å². The maximum absolute atomic E-state index is 4.39. The van der Waals surface area contributed by atoms with Gasteiger partial charge < -0.3 is 0 Å². The minimum Gasteiger partial charge on any atom is -0.268 e. The fraction of sp³-hybridized carbons (Fsp3) is 0.0714. The number of aromatic nitrogens is 1. The van der Waals surface area contributed by atoms with Gasteiger partial charge in [-0.3, -0.25) is 4.31 Å². The van der Waals surface area contributed by atoms with E-state index in [0.717, 1.165) is 5.82 Å². The predicted molar refractivity (Wildman–Crippen MR) is 72.7 cm³/mol. The van der Waals surface area contributed by atoms with Gasteiger partial charge in [0.05, 0.1) is 0 Å². The second kappa shape index (κ2) is 4.26. The Balaban J connectivity index is 2.02. The molecule has 0 saturated carbocycles. The van der Waals surface area contributed by atoms with Gasteiger partial charge in [0.2, 0.25) is 0 Å². The predicted octanol–water partition coefficient (Wildman–Crippen LogP) is 3.97. The molecule has 2 aromatic rings. The molecule has 2 heterocycles. The highest BCUT2D eigenvalue weighted by Gasteiger charge is 2.17. The lowest BCUT2D eigenvalue weighted by atomic mass is 10.2. The highest BCUT2D eigenvalue weighted by atomic mass is 32.2. The zero-order valence-electron chi connectivity index (χ0n) is 9.50. The SMILES string of the molecule is CC1=Cc2ccccc2SN1c1ccccn1. The van der Waals surface area contributed by atoms with E-state index in [4.69, 9.17) is 0 Å². The molecule has 3 heteroatoms. The van der Waals surface area contributed by atoms with Gasteiger partial charge in [0, 0.05) is 16.8 Å². The van der Waals surface area contributed by atoms with Gasteiger partial charge in [-0.25, -0.2) is 4.98 Å². The Morgan fingerprint density at radius 2 is 1.88 bits per heavy atom. The van der Waals surface area contributed by atoms with Gasteiger partial charge in [-0.15, -0.1) is 0 Å². The Morgan fingerprint density at radius 1 is 1.06 bits per heavy atom. The van der Waals surface area contributed by atoms with Crippen LogP contribution in [0, 0.1) is 0 Å². The summed E-state index contributed by atoms with van der Waals surface area (Å²) in [5, 5.41) is 0. The summed E-state index contributed by atoms with van der Waals surface area (Å²) >= 11 is 1.72. The average Bonchev–Trinajstić information content (AvgIpc) is 2.39. The van der Waals surface area contributed by atoms with Crippen LogP contribution >= 0.6 is 11.9 Å². The van der Waals surface area contributed by atoms with Crippen LogP contribution in [-0.4, -0.2) is 4.98 Å². The first-order chi connectivity index (χ1) is 8.34. The number of anilines is 1. The van der Waals surface area contributed by atoms with E-state index in [9.17, 15) is 0 Å². The van der Waals surface area contributed by atoms with E-state index in [1.54, 1.807) is 11.9 Å². The number of pyridine rings is 1. The topological polar surface area (TPSA) is 16.1 Å². The summed E-state index contributed by atoms with van der Waals surface area (Å²) in [6.45, 7) is 2.11. The summed E-state index contributed by atoms with van der Waals surface area (Å²) in [7, 11) is 0. The van der Waals surface area contributed by atoms with Gasteiger partial charge in [-0.05, 0) is 48.7 Å². The molecule has 1 aliphatic heterocycles. The second-order valence-electron chi connectivity index (χ2n) is 3.90. The standard InChI is InChI=1S/C14H12N2S/c1-11-10-12-6-2-3-7-13(12)17-16(11)14-8-4-5-9-15-14/h2-10H,1H3. The average molecular weight is 240 g/mol. The lowest BCUT2D eigenvalue weighted by Gasteiger charge is -2.27. The number of benzene rings is 1. The molecule has 0 spiro atoms. The van der Waals surface area contributed by atoms with Crippen LogP contribution in [0.4, 0.5) is 5.82 Å². The van der Waals surface area contributed by atoms with Gasteiger partial charge in [-0.1, -0.05) is 24.3 Å². The van der Waals surface area contributed by atoms with Crippen molar-refractivity contribution >= 4 is 23.8 Å². The van der Waals surface area contributed by atoms with Gasteiger partial charge in [-0.2, -0.15) is 0 Å². The highest BCUT2D eigenvalue weighted by Crippen LogP contribution is 2.38. The van der Waals surface area contributed by atoms with E-state index in [1.165, 1.54) is 16.2 Å². The molecular weight excluding hydrogens is 228 g/mol. The number of hydrogen-bond donors (Lipinski definition) is 0. The van der Waals surface area contributed by atoms with Crippen molar-refractivity contribution in [3.05, 3.63) is 59.9 Å².